The first-order valence-electron chi connectivity index (χ1n) is 7.94. The number of nitrogens with one attached hydrogen (secondary N) is 1. The second kappa shape index (κ2) is 5.86. The van der Waals surface area contributed by atoms with Crippen molar-refractivity contribution in [2.24, 2.45) is 5.92 Å². The first-order valence-corrected chi connectivity index (χ1v) is 8.31. The van der Waals surface area contributed by atoms with Crippen LogP contribution in [0.15, 0.2) is 18.2 Å². The molecule has 2 nitrogen and oxygen atoms in total. The van der Waals surface area contributed by atoms with Crippen LogP contribution in [0, 0.1) is 11.7 Å². The van der Waals surface area contributed by atoms with E-state index in [4.69, 9.17) is 11.6 Å². The SMILES string of the molecule is CCC1(C)CN(Cc2ccc(Cl)c(F)c2)C(C2CC2)CN1. The van der Waals surface area contributed by atoms with E-state index in [1.165, 1.54) is 12.8 Å². The van der Waals surface area contributed by atoms with Gasteiger partial charge in [-0.3, -0.25) is 4.90 Å². The average Bonchev–Trinajstić information content (AvgIpc) is 3.28. The minimum absolute atomic E-state index is 0.163. The lowest BCUT2D eigenvalue weighted by Gasteiger charge is -2.46. The second-order valence-corrected chi connectivity index (χ2v) is 7.26. The van der Waals surface area contributed by atoms with Crippen LogP contribution >= 0.6 is 11.6 Å². The zero-order valence-electron chi connectivity index (χ0n) is 12.8. The molecule has 1 saturated carbocycles. The maximum atomic E-state index is 13.7. The van der Waals surface area contributed by atoms with Gasteiger partial charge in [0.2, 0.25) is 0 Å². The molecule has 0 bridgehead atoms. The van der Waals surface area contributed by atoms with Crippen molar-refractivity contribution in [3.63, 3.8) is 0 Å². The Morgan fingerprint density at radius 3 is 2.81 bits per heavy atom. The lowest BCUT2D eigenvalue weighted by molar-refractivity contribution is 0.0661. The molecule has 0 amide bonds. The minimum Gasteiger partial charge on any atom is -0.309 e. The van der Waals surface area contributed by atoms with Crippen LogP contribution in [-0.2, 0) is 6.54 Å². The molecule has 1 N–H and O–H groups in total. The first-order chi connectivity index (χ1) is 10.0. The summed E-state index contributed by atoms with van der Waals surface area (Å²) < 4.78 is 13.7. The van der Waals surface area contributed by atoms with E-state index < -0.39 is 0 Å². The third kappa shape index (κ3) is 3.41. The van der Waals surface area contributed by atoms with E-state index >= 15 is 0 Å². The van der Waals surface area contributed by atoms with E-state index in [0.29, 0.717) is 6.04 Å². The van der Waals surface area contributed by atoms with Gasteiger partial charge in [-0.1, -0.05) is 24.6 Å². The predicted octanol–water partition coefficient (Wildman–Crippen LogP) is 3.83. The third-order valence-electron chi connectivity index (χ3n) is 5.08. The van der Waals surface area contributed by atoms with Gasteiger partial charge in [0.15, 0.2) is 0 Å². The number of hydrogen-bond donors (Lipinski definition) is 1. The third-order valence-corrected chi connectivity index (χ3v) is 5.38. The van der Waals surface area contributed by atoms with Crippen molar-refractivity contribution in [1.82, 2.24) is 10.2 Å². The van der Waals surface area contributed by atoms with Crippen molar-refractivity contribution >= 4 is 11.6 Å². The van der Waals surface area contributed by atoms with Gasteiger partial charge in [-0.15, -0.1) is 0 Å². The van der Waals surface area contributed by atoms with Gasteiger partial charge < -0.3 is 5.32 Å². The Bertz CT molecular complexity index is 518. The predicted molar refractivity (Wildman–Crippen MR) is 85.0 cm³/mol. The lowest BCUT2D eigenvalue weighted by atomic mass is 9.91. The number of benzene rings is 1. The van der Waals surface area contributed by atoms with Gasteiger partial charge in [-0.25, -0.2) is 4.39 Å². The van der Waals surface area contributed by atoms with Crippen LogP contribution in [0.2, 0.25) is 5.02 Å². The Labute approximate surface area is 131 Å². The Hall–Kier alpha value is -0.640. The van der Waals surface area contributed by atoms with Crippen LogP contribution in [0.1, 0.15) is 38.7 Å². The van der Waals surface area contributed by atoms with E-state index in [-0.39, 0.29) is 16.4 Å². The van der Waals surface area contributed by atoms with Crippen molar-refractivity contribution in [1.29, 1.82) is 0 Å². The summed E-state index contributed by atoms with van der Waals surface area (Å²) in [5, 5.41) is 3.92. The molecule has 0 radical (unpaired) electrons. The van der Waals surface area contributed by atoms with Crippen LogP contribution in [0.25, 0.3) is 0 Å². The number of rotatable bonds is 4. The topological polar surface area (TPSA) is 15.3 Å². The average molecular weight is 311 g/mol. The van der Waals surface area contributed by atoms with Crippen LogP contribution in [-0.4, -0.2) is 29.6 Å². The van der Waals surface area contributed by atoms with Gasteiger partial charge in [0.05, 0.1) is 5.02 Å². The molecule has 3 rings (SSSR count). The summed E-state index contributed by atoms with van der Waals surface area (Å²) in [7, 11) is 0. The summed E-state index contributed by atoms with van der Waals surface area (Å²) in [5.41, 5.74) is 1.18. The molecule has 4 heteroatoms. The van der Waals surface area contributed by atoms with E-state index in [1.54, 1.807) is 12.1 Å². The zero-order chi connectivity index (χ0) is 15.0. The highest BCUT2D eigenvalue weighted by molar-refractivity contribution is 6.30. The Morgan fingerprint density at radius 2 is 2.19 bits per heavy atom. The Kier molecular flexibility index (Phi) is 4.26. The van der Waals surface area contributed by atoms with E-state index in [2.05, 4.69) is 24.1 Å². The lowest BCUT2D eigenvalue weighted by Crippen LogP contribution is -2.62. The fourth-order valence-electron chi connectivity index (χ4n) is 3.33. The molecular formula is C17H24ClFN2. The highest BCUT2D eigenvalue weighted by Gasteiger charge is 2.41. The largest absolute Gasteiger partial charge is 0.309 e. The van der Waals surface area contributed by atoms with Gasteiger partial charge >= 0.3 is 0 Å². The molecule has 0 aromatic heterocycles. The minimum atomic E-state index is -0.314. The summed E-state index contributed by atoms with van der Waals surface area (Å²) in [5.74, 6) is 0.501. The fraction of sp³-hybridized carbons (Fsp3) is 0.647. The number of hydrogen-bond acceptors (Lipinski definition) is 2. The zero-order valence-corrected chi connectivity index (χ0v) is 13.6. The van der Waals surface area contributed by atoms with Crippen LogP contribution in [0.3, 0.4) is 0 Å². The number of nitrogens with zero attached hydrogens (tertiary/aromatic N) is 1. The monoisotopic (exact) mass is 310 g/mol. The summed E-state index contributed by atoms with van der Waals surface area (Å²) in [6.45, 7) is 7.39. The first kappa shape index (κ1) is 15.3. The van der Waals surface area contributed by atoms with Crippen molar-refractivity contribution in [2.75, 3.05) is 13.1 Å². The molecule has 0 spiro atoms. The second-order valence-electron chi connectivity index (χ2n) is 6.85. The number of halogens is 2. The van der Waals surface area contributed by atoms with Gasteiger partial charge in [0, 0.05) is 31.2 Å². The normalized spacial score (nSPS) is 30.6. The molecule has 2 unspecified atom stereocenters. The smallest absolute Gasteiger partial charge is 0.142 e. The molecule has 2 aliphatic rings. The van der Waals surface area contributed by atoms with E-state index in [1.807, 2.05) is 6.07 Å². The van der Waals surface area contributed by atoms with Gasteiger partial charge in [-0.05, 0) is 49.8 Å². The maximum Gasteiger partial charge on any atom is 0.142 e. The molecule has 1 aromatic rings. The molecule has 21 heavy (non-hydrogen) atoms. The summed E-state index contributed by atoms with van der Waals surface area (Å²) in [6, 6.07) is 5.78. The highest BCUT2D eigenvalue weighted by Crippen LogP contribution is 2.38. The molecule has 1 aliphatic heterocycles. The van der Waals surface area contributed by atoms with Crippen LogP contribution in [0.4, 0.5) is 4.39 Å². The Morgan fingerprint density at radius 1 is 1.43 bits per heavy atom. The van der Waals surface area contributed by atoms with Crippen molar-refractivity contribution in [3.8, 4) is 0 Å². The van der Waals surface area contributed by atoms with Gasteiger partial charge in [-0.2, -0.15) is 0 Å². The molecule has 1 aromatic carbocycles. The van der Waals surface area contributed by atoms with E-state index in [0.717, 1.165) is 37.5 Å². The molecule has 1 heterocycles. The summed E-state index contributed by atoms with van der Waals surface area (Å²) in [6.07, 6.45) is 3.77. The van der Waals surface area contributed by atoms with Gasteiger partial charge in [0.25, 0.3) is 0 Å². The van der Waals surface area contributed by atoms with Crippen molar-refractivity contribution in [2.45, 2.75) is 51.2 Å². The fourth-order valence-corrected chi connectivity index (χ4v) is 3.45. The summed E-state index contributed by atoms with van der Waals surface area (Å²) in [4.78, 5) is 2.54. The maximum absolute atomic E-state index is 13.7. The van der Waals surface area contributed by atoms with Crippen LogP contribution in [0.5, 0.6) is 0 Å². The Balaban J connectivity index is 1.76. The summed E-state index contributed by atoms with van der Waals surface area (Å²) >= 11 is 5.78. The number of piperazine rings is 1. The molecule has 116 valence electrons. The van der Waals surface area contributed by atoms with Crippen LogP contribution < -0.4 is 5.32 Å². The van der Waals surface area contributed by atoms with Crippen molar-refractivity contribution in [3.05, 3.63) is 34.6 Å². The molecule has 2 atom stereocenters. The molecule has 2 fully saturated rings. The highest BCUT2D eigenvalue weighted by atomic mass is 35.5. The van der Waals surface area contributed by atoms with Crippen molar-refractivity contribution < 1.29 is 4.39 Å². The standard InChI is InChI=1S/C17H24ClFN2/c1-3-17(2)11-21(16(9-20-17)13-5-6-13)10-12-4-7-14(18)15(19)8-12/h4,7-8,13,16,20H,3,5-6,9-11H2,1-2H3. The van der Waals surface area contributed by atoms with Gasteiger partial charge in [0.1, 0.15) is 5.82 Å². The molecular weight excluding hydrogens is 287 g/mol. The quantitative estimate of drug-likeness (QED) is 0.909. The molecule has 1 aliphatic carbocycles. The van der Waals surface area contributed by atoms with E-state index in [9.17, 15) is 4.39 Å². The molecule has 1 saturated heterocycles.